The molecule has 4 heteroatoms. The fraction of sp³-hybridized carbons (Fsp3) is 0.414. The van der Waals surface area contributed by atoms with Crippen molar-refractivity contribution in [3.8, 4) is 0 Å². The van der Waals surface area contributed by atoms with E-state index in [9.17, 15) is 4.39 Å². The Bertz CT molecular complexity index is 1090. The molecule has 0 bridgehead atoms. The zero-order valence-corrected chi connectivity index (χ0v) is 19.5. The summed E-state index contributed by atoms with van der Waals surface area (Å²) < 4.78 is 14.1. The summed E-state index contributed by atoms with van der Waals surface area (Å²) in [4.78, 5) is 5.02. The van der Waals surface area contributed by atoms with Crippen molar-refractivity contribution in [1.29, 1.82) is 0 Å². The van der Waals surface area contributed by atoms with E-state index in [-0.39, 0.29) is 5.82 Å². The molecule has 172 valence electrons. The largest absolute Gasteiger partial charge is 0.333 e. The van der Waals surface area contributed by atoms with Crippen LogP contribution >= 0.6 is 0 Å². The third-order valence-electron chi connectivity index (χ3n) is 7.28. The van der Waals surface area contributed by atoms with Gasteiger partial charge in [-0.3, -0.25) is 0 Å². The van der Waals surface area contributed by atoms with Gasteiger partial charge in [-0.2, -0.15) is 0 Å². The first-order valence-electron chi connectivity index (χ1n) is 12.4. The Morgan fingerprint density at radius 1 is 0.939 bits per heavy atom. The highest BCUT2D eigenvalue weighted by atomic mass is 19.1. The molecule has 2 aromatic carbocycles. The van der Waals surface area contributed by atoms with Crippen LogP contribution in [0.15, 0.2) is 60.0 Å². The second-order valence-electron chi connectivity index (χ2n) is 9.48. The van der Waals surface area contributed by atoms with Crippen LogP contribution in [0.3, 0.4) is 0 Å². The molecule has 0 unspecified atom stereocenters. The molecule has 1 saturated heterocycles. The van der Waals surface area contributed by atoms with Gasteiger partial charge in [0.25, 0.3) is 0 Å². The Labute approximate surface area is 197 Å². The summed E-state index contributed by atoms with van der Waals surface area (Å²) in [5.41, 5.74) is 11.7. The molecule has 1 N–H and O–H groups in total. The van der Waals surface area contributed by atoms with Crippen molar-refractivity contribution in [2.24, 2.45) is 0 Å². The van der Waals surface area contributed by atoms with E-state index >= 15 is 0 Å². The van der Waals surface area contributed by atoms with E-state index in [4.69, 9.17) is 0 Å². The average Bonchev–Trinajstić information content (AvgIpc) is 3.30. The van der Waals surface area contributed by atoms with Gasteiger partial charge in [-0.15, -0.1) is 5.73 Å². The number of likely N-dealkylation sites (tertiary alicyclic amines) is 1. The molecule has 2 aliphatic heterocycles. The first-order chi connectivity index (χ1) is 16.2. The molecular formula is C29H34FN3. The Hall–Kier alpha value is -2.65. The fourth-order valence-electron chi connectivity index (χ4n) is 5.50. The summed E-state index contributed by atoms with van der Waals surface area (Å²) in [5.74, 6) is -0.161. The van der Waals surface area contributed by atoms with Crippen molar-refractivity contribution in [3.63, 3.8) is 0 Å². The minimum Gasteiger partial charge on any atom is -0.333 e. The monoisotopic (exact) mass is 443 g/mol. The lowest BCUT2D eigenvalue weighted by Crippen LogP contribution is -2.39. The van der Waals surface area contributed by atoms with E-state index in [0.29, 0.717) is 18.7 Å². The Kier molecular flexibility index (Phi) is 6.78. The molecule has 0 atom stereocenters. The molecule has 0 saturated carbocycles. The molecule has 0 radical (unpaired) electrons. The van der Waals surface area contributed by atoms with Crippen molar-refractivity contribution in [3.05, 3.63) is 88.0 Å². The van der Waals surface area contributed by atoms with Crippen LogP contribution in [0.2, 0.25) is 0 Å². The van der Waals surface area contributed by atoms with Crippen LogP contribution in [-0.4, -0.2) is 37.6 Å². The minimum atomic E-state index is -0.161. The van der Waals surface area contributed by atoms with E-state index in [2.05, 4.69) is 45.6 Å². The summed E-state index contributed by atoms with van der Waals surface area (Å²) in [5, 5.41) is 3.45. The van der Waals surface area contributed by atoms with Crippen molar-refractivity contribution >= 4 is 11.8 Å². The molecule has 1 fully saturated rings. The Morgan fingerprint density at radius 3 is 2.52 bits per heavy atom. The SMILES string of the molecule is C=C=C1C(CNCc2ccccc2F)=Cc2cc3c(cc2N1CCN1CCCCC1)CCC3. The van der Waals surface area contributed by atoms with E-state index in [1.807, 2.05) is 12.1 Å². The van der Waals surface area contributed by atoms with Gasteiger partial charge in [0.15, 0.2) is 0 Å². The van der Waals surface area contributed by atoms with Gasteiger partial charge in [-0.25, -0.2) is 4.39 Å². The average molecular weight is 444 g/mol. The lowest BCUT2D eigenvalue weighted by atomic mass is 9.95. The highest BCUT2D eigenvalue weighted by molar-refractivity contribution is 5.81. The van der Waals surface area contributed by atoms with Crippen LogP contribution < -0.4 is 10.2 Å². The Morgan fingerprint density at radius 2 is 1.73 bits per heavy atom. The number of halogens is 1. The number of aryl methyl sites for hydroxylation is 2. The zero-order chi connectivity index (χ0) is 22.6. The highest BCUT2D eigenvalue weighted by Crippen LogP contribution is 2.38. The lowest BCUT2D eigenvalue weighted by Gasteiger charge is -2.36. The van der Waals surface area contributed by atoms with Gasteiger partial charge in [-0.1, -0.05) is 31.2 Å². The lowest BCUT2D eigenvalue weighted by molar-refractivity contribution is 0.234. The number of nitrogens with zero attached hydrogens (tertiary/aromatic N) is 2. The maximum absolute atomic E-state index is 14.1. The second-order valence-corrected chi connectivity index (χ2v) is 9.48. The first-order valence-corrected chi connectivity index (χ1v) is 12.4. The van der Waals surface area contributed by atoms with Crippen LogP contribution in [0.25, 0.3) is 6.08 Å². The summed E-state index contributed by atoms with van der Waals surface area (Å²) in [6, 6.07) is 11.8. The standard InChI is InChI=1S/C29H34FN3/c1-2-28-26(21-31-20-24-9-4-5-12-27(24)30)18-25-17-22-10-8-11-23(22)19-29(25)33(28)16-15-32-13-6-3-7-14-32/h4-5,9,12,17-19,31H,1,3,6-8,10-11,13-16,20-21H2. The van der Waals surface area contributed by atoms with Gasteiger partial charge in [-0.05, 0) is 91.7 Å². The number of benzene rings is 2. The zero-order valence-electron chi connectivity index (χ0n) is 19.5. The summed E-state index contributed by atoms with van der Waals surface area (Å²) in [6.07, 6.45) is 9.85. The summed E-state index contributed by atoms with van der Waals surface area (Å²) in [7, 11) is 0. The number of fused-ring (bicyclic) bond motifs is 2. The van der Waals surface area contributed by atoms with Crippen LogP contribution in [0.5, 0.6) is 0 Å². The molecule has 2 heterocycles. The second kappa shape index (κ2) is 10.1. The summed E-state index contributed by atoms with van der Waals surface area (Å²) >= 11 is 0. The molecule has 0 amide bonds. The van der Waals surface area contributed by atoms with Gasteiger partial charge >= 0.3 is 0 Å². The van der Waals surface area contributed by atoms with Gasteiger partial charge in [0.05, 0.1) is 5.70 Å². The van der Waals surface area contributed by atoms with E-state index in [1.165, 1.54) is 85.6 Å². The third-order valence-corrected chi connectivity index (χ3v) is 7.28. The fourth-order valence-corrected chi connectivity index (χ4v) is 5.50. The molecule has 1 aliphatic carbocycles. The quantitative estimate of drug-likeness (QED) is 0.573. The van der Waals surface area contributed by atoms with Gasteiger partial charge in [0.2, 0.25) is 0 Å². The molecule has 3 nitrogen and oxygen atoms in total. The van der Waals surface area contributed by atoms with Crippen LogP contribution in [-0.2, 0) is 19.4 Å². The molecular weight excluding hydrogens is 409 g/mol. The van der Waals surface area contributed by atoms with Gasteiger partial charge in [0, 0.05) is 37.4 Å². The molecule has 3 aliphatic rings. The predicted molar refractivity (Wildman–Crippen MR) is 135 cm³/mol. The number of hydrogen-bond acceptors (Lipinski definition) is 3. The van der Waals surface area contributed by atoms with Crippen LogP contribution in [0, 0.1) is 5.82 Å². The molecule has 33 heavy (non-hydrogen) atoms. The summed E-state index contributed by atoms with van der Waals surface area (Å²) in [6.45, 7) is 9.61. The van der Waals surface area contributed by atoms with E-state index in [1.54, 1.807) is 6.07 Å². The van der Waals surface area contributed by atoms with Crippen molar-refractivity contribution in [2.75, 3.05) is 37.6 Å². The van der Waals surface area contributed by atoms with Crippen LogP contribution in [0.4, 0.5) is 10.1 Å². The number of rotatable bonds is 7. The maximum atomic E-state index is 14.1. The highest BCUT2D eigenvalue weighted by Gasteiger charge is 2.26. The van der Waals surface area contributed by atoms with E-state index in [0.717, 1.165) is 18.8 Å². The van der Waals surface area contributed by atoms with E-state index < -0.39 is 0 Å². The smallest absolute Gasteiger partial charge is 0.127 e. The van der Waals surface area contributed by atoms with Crippen molar-refractivity contribution in [2.45, 2.75) is 45.1 Å². The number of anilines is 1. The van der Waals surface area contributed by atoms with Crippen molar-refractivity contribution < 1.29 is 4.39 Å². The minimum absolute atomic E-state index is 0.161. The van der Waals surface area contributed by atoms with Gasteiger partial charge < -0.3 is 15.1 Å². The van der Waals surface area contributed by atoms with Gasteiger partial charge in [0.1, 0.15) is 5.82 Å². The normalized spacial score (nSPS) is 18.0. The molecule has 2 aromatic rings. The van der Waals surface area contributed by atoms with Crippen molar-refractivity contribution in [1.82, 2.24) is 10.2 Å². The first kappa shape index (κ1) is 22.2. The predicted octanol–water partition coefficient (Wildman–Crippen LogP) is 5.46. The number of piperidine rings is 1. The maximum Gasteiger partial charge on any atom is 0.127 e. The van der Waals surface area contributed by atoms with Crippen LogP contribution in [0.1, 0.15) is 47.9 Å². The number of hydrogen-bond donors (Lipinski definition) is 1. The molecule has 0 spiro atoms. The topological polar surface area (TPSA) is 18.5 Å². The Balaban J connectivity index is 1.39. The third kappa shape index (κ3) is 4.84. The molecule has 0 aromatic heterocycles. The molecule has 5 rings (SSSR count). The number of nitrogens with one attached hydrogen (secondary N) is 1.